The van der Waals surface area contributed by atoms with Crippen molar-refractivity contribution >= 4 is 33.2 Å². The lowest BCUT2D eigenvalue weighted by atomic mass is 10.2. The predicted molar refractivity (Wildman–Crippen MR) is 98.6 cm³/mol. The maximum Gasteiger partial charge on any atom is 0.294 e. The minimum atomic E-state index is -0.206. The van der Waals surface area contributed by atoms with Gasteiger partial charge in [-0.15, -0.1) is 0 Å². The minimum Gasteiger partial charge on any atom is -0.444 e. The second kappa shape index (κ2) is 6.57. The van der Waals surface area contributed by atoms with Gasteiger partial charge in [-0.05, 0) is 52.3 Å². The summed E-state index contributed by atoms with van der Waals surface area (Å²) in [6, 6.07) is 18.7. The fourth-order valence-corrected chi connectivity index (χ4v) is 3.02. The van der Waals surface area contributed by atoms with Crippen molar-refractivity contribution in [1.29, 1.82) is 0 Å². The van der Waals surface area contributed by atoms with Gasteiger partial charge in [-0.25, -0.2) is 4.98 Å². The van der Waals surface area contributed by atoms with E-state index < -0.39 is 0 Å². The van der Waals surface area contributed by atoms with Gasteiger partial charge in [0.2, 0.25) is 0 Å². The van der Waals surface area contributed by atoms with Crippen molar-refractivity contribution in [3.05, 3.63) is 89.2 Å². The van der Waals surface area contributed by atoms with Crippen LogP contribution in [0.2, 0.25) is 0 Å². The highest BCUT2D eigenvalue weighted by Gasteiger charge is 2.22. The monoisotopic (exact) mass is 395 g/mol. The van der Waals surface area contributed by atoms with Crippen molar-refractivity contribution in [3.63, 3.8) is 0 Å². The van der Waals surface area contributed by atoms with E-state index in [0.717, 1.165) is 17.0 Å². The summed E-state index contributed by atoms with van der Waals surface area (Å²) < 4.78 is 7.96. The predicted octanol–water partition coefficient (Wildman–Crippen LogP) is 4.54. The van der Waals surface area contributed by atoms with E-state index in [9.17, 15) is 4.79 Å². The number of pyridine rings is 1. The summed E-state index contributed by atoms with van der Waals surface area (Å²) in [6.45, 7) is 0.381. The maximum atomic E-state index is 13.0. The number of hydrogen-bond acceptors (Lipinski definition) is 3. The molecule has 4 rings (SSSR count). The van der Waals surface area contributed by atoms with Crippen molar-refractivity contribution in [3.8, 4) is 0 Å². The molecule has 6 heteroatoms. The lowest BCUT2D eigenvalue weighted by Gasteiger charge is -2.21. The molecule has 1 amide bonds. The highest BCUT2D eigenvalue weighted by Crippen LogP contribution is 2.23. The Morgan fingerprint density at radius 1 is 1.08 bits per heavy atom. The number of furan rings is 1. The fourth-order valence-electron chi connectivity index (χ4n) is 2.71. The topological polar surface area (TPSA) is 50.8 Å². The summed E-state index contributed by atoms with van der Waals surface area (Å²) in [5.74, 6) is 0.0762. The molecule has 25 heavy (non-hydrogen) atoms. The molecule has 0 atom stereocenters. The van der Waals surface area contributed by atoms with Crippen molar-refractivity contribution in [2.24, 2.45) is 0 Å². The molecule has 0 unspecified atom stereocenters. The van der Waals surface area contributed by atoms with Crippen molar-refractivity contribution in [2.45, 2.75) is 6.54 Å². The summed E-state index contributed by atoms with van der Waals surface area (Å²) in [4.78, 5) is 19.1. The minimum absolute atomic E-state index is 0.206. The molecule has 0 radical (unpaired) electrons. The van der Waals surface area contributed by atoms with Gasteiger partial charge < -0.3 is 8.82 Å². The Morgan fingerprint density at radius 2 is 1.88 bits per heavy atom. The largest absolute Gasteiger partial charge is 0.444 e. The summed E-state index contributed by atoms with van der Waals surface area (Å²) in [5.41, 5.74) is 2.56. The Kier molecular flexibility index (Phi) is 4.11. The third-order valence-electron chi connectivity index (χ3n) is 3.91. The van der Waals surface area contributed by atoms with Crippen LogP contribution in [0.3, 0.4) is 0 Å². The van der Waals surface area contributed by atoms with Crippen LogP contribution in [0.15, 0.2) is 82.1 Å². The van der Waals surface area contributed by atoms with Gasteiger partial charge in [0, 0.05) is 11.9 Å². The van der Waals surface area contributed by atoms with Gasteiger partial charge in [0.25, 0.3) is 5.91 Å². The second-order valence-electron chi connectivity index (χ2n) is 5.51. The Hall–Kier alpha value is -2.86. The molecule has 4 aromatic rings. The average Bonchev–Trinajstić information content (AvgIpc) is 3.26. The number of carbonyl (C=O) groups is 1. The molecule has 0 fully saturated rings. The van der Waals surface area contributed by atoms with Crippen LogP contribution in [-0.2, 0) is 6.54 Å². The highest BCUT2D eigenvalue weighted by molar-refractivity contribution is 9.10. The van der Waals surface area contributed by atoms with Crippen LogP contribution < -0.4 is 4.90 Å². The summed E-state index contributed by atoms with van der Waals surface area (Å²) in [7, 11) is 0. The molecule has 1 aromatic carbocycles. The Morgan fingerprint density at radius 3 is 2.64 bits per heavy atom. The van der Waals surface area contributed by atoms with Crippen LogP contribution in [0, 0.1) is 0 Å². The summed E-state index contributed by atoms with van der Waals surface area (Å²) in [6.07, 6.45) is 3.73. The van der Waals surface area contributed by atoms with E-state index in [0.29, 0.717) is 11.2 Å². The first-order chi connectivity index (χ1) is 12.2. The van der Waals surface area contributed by atoms with Gasteiger partial charge in [0.05, 0.1) is 18.4 Å². The molecule has 0 saturated carbocycles. The number of anilines is 1. The second-order valence-corrected chi connectivity index (χ2v) is 6.29. The van der Waals surface area contributed by atoms with Crippen molar-refractivity contribution in [1.82, 2.24) is 9.38 Å². The number of aromatic nitrogens is 2. The van der Waals surface area contributed by atoms with Crippen molar-refractivity contribution in [2.75, 3.05) is 4.90 Å². The molecular weight excluding hydrogens is 382 g/mol. The number of para-hydroxylation sites is 1. The molecule has 3 heterocycles. The lowest BCUT2D eigenvalue weighted by molar-refractivity contribution is 0.0957. The number of hydrogen-bond donors (Lipinski definition) is 0. The van der Waals surface area contributed by atoms with Crippen LogP contribution >= 0.6 is 15.9 Å². The molecular formula is C19H14BrN3O2. The number of rotatable bonds is 4. The average molecular weight is 396 g/mol. The molecule has 0 aliphatic rings. The van der Waals surface area contributed by atoms with Gasteiger partial charge in [0.1, 0.15) is 5.65 Å². The summed E-state index contributed by atoms with van der Waals surface area (Å²) >= 11 is 3.25. The number of carbonyl (C=O) groups excluding carboxylic acids is 1. The number of benzene rings is 1. The van der Waals surface area contributed by atoms with Gasteiger partial charge >= 0.3 is 0 Å². The van der Waals surface area contributed by atoms with Crippen LogP contribution in [0.1, 0.15) is 16.2 Å². The number of imidazole rings is 1. The number of amides is 1. The van der Waals surface area contributed by atoms with E-state index in [1.807, 2.05) is 59.1 Å². The number of fused-ring (bicyclic) bond motifs is 1. The molecule has 0 saturated heterocycles. The van der Waals surface area contributed by atoms with E-state index in [4.69, 9.17) is 4.42 Å². The SMILES string of the molecule is O=C(c1ccc(Br)o1)N(Cc1cnc2ccccn12)c1ccccc1. The molecule has 124 valence electrons. The zero-order valence-electron chi connectivity index (χ0n) is 13.2. The van der Waals surface area contributed by atoms with E-state index in [1.54, 1.807) is 23.2 Å². The first-order valence-electron chi connectivity index (χ1n) is 7.75. The molecule has 3 aromatic heterocycles. The Labute approximate surface area is 152 Å². The van der Waals surface area contributed by atoms with E-state index in [2.05, 4.69) is 20.9 Å². The fraction of sp³-hybridized carbons (Fsp3) is 0.0526. The van der Waals surface area contributed by atoms with Crippen molar-refractivity contribution < 1.29 is 9.21 Å². The normalized spacial score (nSPS) is 10.9. The lowest BCUT2D eigenvalue weighted by Crippen LogP contribution is -2.30. The first kappa shape index (κ1) is 15.7. The Bertz CT molecular complexity index is 1020. The highest BCUT2D eigenvalue weighted by atomic mass is 79.9. The smallest absolute Gasteiger partial charge is 0.294 e. The van der Waals surface area contributed by atoms with Crippen LogP contribution in [-0.4, -0.2) is 15.3 Å². The maximum absolute atomic E-state index is 13.0. The van der Waals surface area contributed by atoms with Crippen LogP contribution in [0.4, 0.5) is 5.69 Å². The molecule has 0 N–H and O–H groups in total. The molecule has 0 aliphatic heterocycles. The number of nitrogens with zero attached hydrogens (tertiary/aromatic N) is 3. The van der Waals surface area contributed by atoms with E-state index in [1.165, 1.54) is 0 Å². The van der Waals surface area contributed by atoms with Gasteiger partial charge in [-0.1, -0.05) is 24.3 Å². The zero-order valence-corrected chi connectivity index (χ0v) is 14.8. The third-order valence-corrected chi connectivity index (χ3v) is 4.34. The van der Waals surface area contributed by atoms with Crippen LogP contribution in [0.25, 0.3) is 5.65 Å². The summed E-state index contributed by atoms with van der Waals surface area (Å²) in [5, 5.41) is 0. The van der Waals surface area contributed by atoms with Gasteiger partial charge in [-0.2, -0.15) is 0 Å². The molecule has 0 spiro atoms. The Balaban J connectivity index is 1.74. The molecule has 5 nitrogen and oxygen atoms in total. The molecule has 0 aliphatic carbocycles. The third kappa shape index (κ3) is 3.08. The van der Waals surface area contributed by atoms with E-state index in [-0.39, 0.29) is 11.7 Å². The number of halogens is 1. The molecule has 0 bridgehead atoms. The van der Waals surface area contributed by atoms with Gasteiger partial charge in [0.15, 0.2) is 10.4 Å². The standard InChI is InChI=1S/C19H14BrN3O2/c20-17-10-9-16(25-17)19(24)23(14-6-2-1-3-7-14)13-15-12-21-18-8-4-5-11-22(15)18/h1-12H,13H2. The zero-order chi connectivity index (χ0) is 17.2. The van der Waals surface area contributed by atoms with Gasteiger partial charge in [-0.3, -0.25) is 9.69 Å². The van der Waals surface area contributed by atoms with Crippen LogP contribution in [0.5, 0.6) is 0 Å². The quantitative estimate of drug-likeness (QED) is 0.509. The van der Waals surface area contributed by atoms with E-state index >= 15 is 0 Å². The first-order valence-corrected chi connectivity index (χ1v) is 8.55.